The molecule has 0 fully saturated rings. The van der Waals surface area contributed by atoms with E-state index in [1.165, 1.54) is 0 Å². The number of benzene rings is 4. The minimum absolute atomic E-state index is 0.0865. The maximum Gasteiger partial charge on any atom is 0.275 e. The maximum atomic E-state index is 12.6. The van der Waals surface area contributed by atoms with Crippen LogP contribution < -0.4 is 10.2 Å². The monoisotopic (exact) mass is 384 g/mol. The fourth-order valence-electron chi connectivity index (χ4n) is 3.32. The van der Waals surface area contributed by atoms with E-state index in [0.29, 0.717) is 12.4 Å². The molecule has 29 heavy (non-hydrogen) atoms. The number of hydrazone groups is 1. The van der Waals surface area contributed by atoms with Gasteiger partial charge in [0.2, 0.25) is 0 Å². The summed E-state index contributed by atoms with van der Waals surface area (Å²) >= 11 is 0. The predicted molar refractivity (Wildman–Crippen MR) is 116 cm³/mol. The van der Waals surface area contributed by atoms with E-state index in [4.69, 9.17) is 4.74 Å². The number of aromatic hydroxyl groups is 1. The Morgan fingerprint density at radius 2 is 1.69 bits per heavy atom. The molecule has 0 saturated heterocycles. The molecule has 0 unspecified atom stereocenters. The second-order valence-electron chi connectivity index (χ2n) is 6.55. The van der Waals surface area contributed by atoms with E-state index in [1.807, 2.05) is 67.6 Å². The molecule has 144 valence electrons. The van der Waals surface area contributed by atoms with E-state index in [1.54, 1.807) is 18.3 Å². The molecule has 1 amide bonds. The van der Waals surface area contributed by atoms with Gasteiger partial charge < -0.3 is 9.84 Å². The molecule has 0 aliphatic rings. The number of nitrogens with zero attached hydrogens (tertiary/aromatic N) is 1. The molecular formula is C24H20N2O3. The van der Waals surface area contributed by atoms with Crippen molar-refractivity contribution in [3.63, 3.8) is 0 Å². The van der Waals surface area contributed by atoms with Crippen molar-refractivity contribution in [2.24, 2.45) is 5.10 Å². The fraction of sp³-hybridized carbons (Fsp3) is 0.0833. The van der Waals surface area contributed by atoms with Gasteiger partial charge in [-0.25, -0.2) is 5.43 Å². The fourth-order valence-corrected chi connectivity index (χ4v) is 3.32. The molecule has 4 aromatic rings. The van der Waals surface area contributed by atoms with Crippen LogP contribution in [0.15, 0.2) is 77.9 Å². The molecule has 0 bridgehead atoms. The Labute approximate surface area is 168 Å². The topological polar surface area (TPSA) is 70.9 Å². The lowest BCUT2D eigenvalue weighted by molar-refractivity contribution is 0.0952. The Balaban J connectivity index is 1.63. The van der Waals surface area contributed by atoms with Crippen LogP contribution in [0.25, 0.3) is 21.5 Å². The molecule has 4 aromatic carbocycles. The summed E-state index contributed by atoms with van der Waals surface area (Å²) in [7, 11) is 0. The summed E-state index contributed by atoms with van der Waals surface area (Å²) in [6, 6.07) is 22.5. The molecule has 0 atom stereocenters. The van der Waals surface area contributed by atoms with Crippen molar-refractivity contribution in [3.05, 3.63) is 83.9 Å². The second kappa shape index (κ2) is 8.02. The Morgan fingerprint density at radius 3 is 2.45 bits per heavy atom. The number of phenolic OH excluding ortho intramolecular Hbond substituents is 1. The molecule has 0 spiro atoms. The van der Waals surface area contributed by atoms with Crippen LogP contribution in [0.1, 0.15) is 22.8 Å². The number of amides is 1. The quantitative estimate of drug-likeness (QED) is 0.381. The van der Waals surface area contributed by atoms with Crippen LogP contribution in [0.3, 0.4) is 0 Å². The third-order valence-electron chi connectivity index (χ3n) is 4.70. The van der Waals surface area contributed by atoms with Crippen molar-refractivity contribution in [3.8, 4) is 11.5 Å². The van der Waals surface area contributed by atoms with Gasteiger partial charge in [-0.05, 0) is 46.7 Å². The molecular weight excluding hydrogens is 364 g/mol. The van der Waals surface area contributed by atoms with E-state index < -0.39 is 5.91 Å². The Bertz CT molecular complexity index is 1230. The number of rotatable bonds is 5. The average molecular weight is 384 g/mol. The first-order chi connectivity index (χ1) is 14.2. The van der Waals surface area contributed by atoms with Crippen LogP contribution >= 0.6 is 0 Å². The number of carbonyl (C=O) groups is 1. The minimum Gasteiger partial charge on any atom is -0.507 e. The van der Waals surface area contributed by atoms with Crippen LogP contribution in [0.4, 0.5) is 0 Å². The number of hydrogen-bond donors (Lipinski definition) is 2. The van der Waals surface area contributed by atoms with Gasteiger partial charge in [-0.2, -0.15) is 5.10 Å². The van der Waals surface area contributed by atoms with Crippen molar-refractivity contribution >= 4 is 33.7 Å². The summed E-state index contributed by atoms with van der Waals surface area (Å²) in [5, 5.41) is 18.1. The predicted octanol–water partition coefficient (Wildman–Crippen LogP) is 4.86. The van der Waals surface area contributed by atoms with Gasteiger partial charge in [-0.15, -0.1) is 0 Å². The van der Waals surface area contributed by atoms with E-state index in [-0.39, 0.29) is 11.3 Å². The van der Waals surface area contributed by atoms with E-state index in [0.717, 1.165) is 27.1 Å². The highest BCUT2D eigenvalue weighted by Crippen LogP contribution is 2.27. The van der Waals surface area contributed by atoms with Gasteiger partial charge >= 0.3 is 0 Å². The van der Waals surface area contributed by atoms with Gasteiger partial charge in [0.15, 0.2) is 0 Å². The molecule has 2 N–H and O–H groups in total. The molecule has 4 rings (SSSR count). The summed E-state index contributed by atoms with van der Waals surface area (Å²) in [5.41, 5.74) is 3.46. The largest absolute Gasteiger partial charge is 0.507 e. The molecule has 5 nitrogen and oxygen atoms in total. The number of fused-ring (bicyclic) bond motifs is 2. The highest BCUT2D eigenvalue weighted by atomic mass is 16.5. The second-order valence-corrected chi connectivity index (χ2v) is 6.55. The van der Waals surface area contributed by atoms with Crippen LogP contribution in [-0.4, -0.2) is 23.8 Å². The first kappa shape index (κ1) is 18.5. The first-order valence-corrected chi connectivity index (χ1v) is 9.37. The molecule has 0 saturated carbocycles. The van der Waals surface area contributed by atoms with E-state index >= 15 is 0 Å². The van der Waals surface area contributed by atoms with Crippen molar-refractivity contribution in [2.75, 3.05) is 6.61 Å². The van der Waals surface area contributed by atoms with Crippen molar-refractivity contribution < 1.29 is 14.6 Å². The molecule has 0 heterocycles. The summed E-state index contributed by atoms with van der Waals surface area (Å²) < 4.78 is 5.71. The van der Waals surface area contributed by atoms with Gasteiger partial charge in [0.05, 0.1) is 18.4 Å². The number of phenols is 1. The summed E-state index contributed by atoms with van der Waals surface area (Å²) in [5.74, 6) is 0.122. The lowest BCUT2D eigenvalue weighted by Gasteiger charge is -2.10. The van der Waals surface area contributed by atoms with Gasteiger partial charge in [0.25, 0.3) is 5.91 Å². The molecule has 0 radical (unpaired) electrons. The van der Waals surface area contributed by atoms with E-state index in [9.17, 15) is 9.90 Å². The van der Waals surface area contributed by atoms with Crippen LogP contribution in [0.5, 0.6) is 11.5 Å². The SMILES string of the molecule is CCOc1ccc2ccccc2c1C=NNC(=O)c1cc2ccccc2cc1O. The van der Waals surface area contributed by atoms with Crippen molar-refractivity contribution in [1.29, 1.82) is 0 Å². The summed E-state index contributed by atoms with van der Waals surface area (Å²) in [6.45, 7) is 2.44. The lowest BCUT2D eigenvalue weighted by atomic mass is 10.0. The Hall–Kier alpha value is -3.86. The number of carbonyl (C=O) groups excluding carboxylic acids is 1. The van der Waals surface area contributed by atoms with Crippen LogP contribution in [-0.2, 0) is 0 Å². The molecule has 5 heteroatoms. The number of nitrogens with one attached hydrogen (secondary N) is 1. The Kier molecular flexibility index (Phi) is 5.12. The maximum absolute atomic E-state index is 12.6. The third kappa shape index (κ3) is 3.75. The highest BCUT2D eigenvalue weighted by molar-refractivity contribution is 6.04. The van der Waals surface area contributed by atoms with Crippen LogP contribution in [0.2, 0.25) is 0 Å². The highest BCUT2D eigenvalue weighted by Gasteiger charge is 2.12. The minimum atomic E-state index is -0.484. The first-order valence-electron chi connectivity index (χ1n) is 9.37. The smallest absolute Gasteiger partial charge is 0.275 e. The van der Waals surface area contributed by atoms with Gasteiger partial charge in [-0.3, -0.25) is 4.79 Å². The molecule has 0 aromatic heterocycles. The van der Waals surface area contributed by atoms with Gasteiger partial charge in [-0.1, -0.05) is 54.6 Å². The van der Waals surface area contributed by atoms with Crippen LogP contribution in [0, 0.1) is 0 Å². The standard InChI is InChI=1S/C24H20N2O3/c1-2-29-23-12-11-16-7-5-6-10-19(16)21(23)15-25-26-24(28)20-13-17-8-3-4-9-18(17)14-22(20)27/h3-15,27H,2H2,1H3,(H,26,28). The zero-order valence-corrected chi connectivity index (χ0v) is 15.9. The summed E-state index contributed by atoms with van der Waals surface area (Å²) in [6.07, 6.45) is 1.57. The van der Waals surface area contributed by atoms with Crippen molar-refractivity contribution in [2.45, 2.75) is 6.92 Å². The molecule has 0 aliphatic carbocycles. The number of hydrogen-bond acceptors (Lipinski definition) is 4. The lowest BCUT2D eigenvalue weighted by Crippen LogP contribution is -2.17. The zero-order valence-electron chi connectivity index (χ0n) is 15.9. The van der Waals surface area contributed by atoms with Gasteiger partial charge in [0, 0.05) is 5.56 Å². The average Bonchev–Trinajstić information content (AvgIpc) is 2.74. The Morgan fingerprint density at radius 1 is 1.00 bits per heavy atom. The van der Waals surface area contributed by atoms with Gasteiger partial charge in [0.1, 0.15) is 11.5 Å². The number of ether oxygens (including phenoxy) is 1. The van der Waals surface area contributed by atoms with E-state index in [2.05, 4.69) is 10.5 Å². The summed E-state index contributed by atoms with van der Waals surface area (Å²) in [4.78, 5) is 12.6. The zero-order chi connectivity index (χ0) is 20.2. The van der Waals surface area contributed by atoms with Crippen molar-refractivity contribution in [1.82, 2.24) is 5.43 Å². The molecule has 0 aliphatic heterocycles. The third-order valence-corrected chi connectivity index (χ3v) is 4.70. The normalized spacial score (nSPS) is 11.2.